The first-order valence-corrected chi connectivity index (χ1v) is 13.0. The van der Waals surface area contributed by atoms with Gasteiger partial charge in [0.1, 0.15) is 17.2 Å². The minimum absolute atomic E-state index is 0.0692. The zero-order chi connectivity index (χ0) is 27.5. The first kappa shape index (κ1) is 26.4. The van der Waals surface area contributed by atoms with Gasteiger partial charge in [-0.2, -0.15) is 0 Å². The molecule has 10 heteroatoms. The maximum absolute atomic E-state index is 15.5. The number of aromatic amines is 1. The number of benzene rings is 2. The molecule has 2 aliphatic rings. The van der Waals surface area contributed by atoms with Gasteiger partial charge in [-0.15, -0.1) is 0 Å². The summed E-state index contributed by atoms with van der Waals surface area (Å²) in [7, 11) is 1.50. The molecule has 2 aromatic carbocycles. The van der Waals surface area contributed by atoms with Gasteiger partial charge in [-0.25, -0.2) is 13.8 Å². The van der Waals surface area contributed by atoms with Crippen molar-refractivity contribution in [2.45, 2.75) is 20.3 Å². The number of carbonyl (C=O) groups excluding carboxylic acids is 1. The zero-order valence-corrected chi connectivity index (χ0v) is 22.2. The highest BCUT2D eigenvalue weighted by molar-refractivity contribution is 6.25. The second kappa shape index (κ2) is 11.3. The highest BCUT2D eigenvalue weighted by Crippen LogP contribution is 2.34. The number of anilines is 2. The molecule has 1 saturated heterocycles. The summed E-state index contributed by atoms with van der Waals surface area (Å²) >= 11 is 0. The standard InChI is InChI=1S/C29H32F2N6O2/c1-17-5-4-10-34-28(36-19-6-8-20(9-7-19)37-13-11-33-12-14-37)24(29(38)32-3)27(17)39-23-16-22(30)26-21(25(23)31)15-18(2)35-26/h4,6-10,15-17,33,35H,5,11-14H2,1-3H3,(H,32,38)(H,34,36)/b10-4+,27-24?. The van der Waals surface area contributed by atoms with Gasteiger partial charge in [0.2, 0.25) is 0 Å². The van der Waals surface area contributed by atoms with E-state index in [0.29, 0.717) is 12.1 Å². The van der Waals surface area contributed by atoms with Crippen LogP contribution in [0, 0.1) is 24.5 Å². The lowest BCUT2D eigenvalue weighted by molar-refractivity contribution is -0.116. The average molecular weight is 535 g/mol. The number of amides is 1. The van der Waals surface area contributed by atoms with Crippen LogP contribution in [-0.2, 0) is 4.79 Å². The number of amidine groups is 1. The highest BCUT2D eigenvalue weighted by atomic mass is 19.1. The number of ether oxygens (including phenoxy) is 1. The second-order valence-corrected chi connectivity index (χ2v) is 9.74. The molecule has 1 fully saturated rings. The van der Waals surface area contributed by atoms with Crippen molar-refractivity contribution in [1.29, 1.82) is 0 Å². The third-order valence-corrected chi connectivity index (χ3v) is 6.92. The van der Waals surface area contributed by atoms with Crippen LogP contribution in [0.15, 0.2) is 65.0 Å². The number of piperazine rings is 1. The highest BCUT2D eigenvalue weighted by Gasteiger charge is 2.29. The number of halogens is 2. The molecule has 0 aliphatic carbocycles. The molecule has 0 bridgehead atoms. The van der Waals surface area contributed by atoms with E-state index in [1.165, 1.54) is 13.1 Å². The van der Waals surface area contributed by atoms with Gasteiger partial charge >= 0.3 is 0 Å². The van der Waals surface area contributed by atoms with Gasteiger partial charge in [0.15, 0.2) is 17.4 Å². The Hall–Kier alpha value is -4.18. The molecule has 1 aromatic heterocycles. The molecule has 1 amide bonds. The van der Waals surface area contributed by atoms with Crippen molar-refractivity contribution in [1.82, 2.24) is 15.6 Å². The van der Waals surface area contributed by atoms with Crippen molar-refractivity contribution in [2.24, 2.45) is 10.9 Å². The number of hydrogen-bond donors (Lipinski definition) is 4. The fourth-order valence-corrected chi connectivity index (χ4v) is 4.86. The predicted octanol–water partition coefficient (Wildman–Crippen LogP) is 4.61. The number of hydrogen-bond acceptors (Lipinski definition) is 6. The summed E-state index contributed by atoms with van der Waals surface area (Å²) in [5.41, 5.74) is 2.63. The smallest absolute Gasteiger partial charge is 0.258 e. The largest absolute Gasteiger partial charge is 0.457 e. The Morgan fingerprint density at radius 2 is 1.90 bits per heavy atom. The Morgan fingerprint density at radius 3 is 2.62 bits per heavy atom. The van der Waals surface area contributed by atoms with E-state index in [0.717, 1.165) is 43.6 Å². The van der Waals surface area contributed by atoms with E-state index < -0.39 is 17.5 Å². The van der Waals surface area contributed by atoms with Crippen LogP contribution < -0.4 is 25.6 Å². The van der Waals surface area contributed by atoms with E-state index in [4.69, 9.17) is 4.74 Å². The fraction of sp³-hybridized carbons (Fsp3) is 0.310. The Morgan fingerprint density at radius 1 is 1.15 bits per heavy atom. The Kier molecular flexibility index (Phi) is 7.65. The second-order valence-electron chi connectivity index (χ2n) is 9.74. The molecule has 3 heterocycles. The van der Waals surface area contributed by atoms with E-state index in [2.05, 4.69) is 30.8 Å². The van der Waals surface area contributed by atoms with Crippen LogP contribution in [0.5, 0.6) is 5.75 Å². The number of carbonyl (C=O) groups is 1. The fourth-order valence-electron chi connectivity index (χ4n) is 4.86. The lowest BCUT2D eigenvalue weighted by Crippen LogP contribution is -2.43. The van der Waals surface area contributed by atoms with Gasteiger partial charge in [-0.05, 0) is 43.7 Å². The normalized spacial score (nSPS) is 18.8. The van der Waals surface area contributed by atoms with E-state index in [-0.39, 0.29) is 39.7 Å². The molecular formula is C29H32F2N6O2. The maximum atomic E-state index is 15.5. The van der Waals surface area contributed by atoms with Gasteiger partial charge in [0.25, 0.3) is 5.91 Å². The number of allylic oxidation sites excluding steroid dienone is 2. The van der Waals surface area contributed by atoms with Crippen molar-refractivity contribution in [3.8, 4) is 5.75 Å². The number of nitrogens with zero attached hydrogens (tertiary/aromatic N) is 2. The van der Waals surface area contributed by atoms with Crippen LogP contribution in [0.1, 0.15) is 19.0 Å². The summed E-state index contributed by atoms with van der Waals surface area (Å²) in [5.74, 6) is -2.02. The van der Waals surface area contributed by atoms with Gasteiger partial charge < -0.3 is 30.6 Å². The van der Waals surface area contributed by atoms with Gasteiger partial charge in [0.05, 0.1) is 5.52 Å². The van der Waals surface area contributed by atoms with Crippen molar-refractivity contribution in [2.75, 3.05) is 43.4 Å². The number of rotatable bonds is 5. The number of H-pyrrole nitrogens is 1. The number of aromatic nitrogens is 1. The molecule has 3 aromatic rings. The topological polar surface area (TPSA) is 93.8 Å². The van der Waals surface area contributed by atoms with E-state index in [1.54, 1.807) is 13.1 Å². The molecule has 1 atom stereocenters. The molecule has 2 aliphatic heterocycles. The molecule has 0 saturated carbocycles. The number of likely N-dealkylation sites (N-methyl/N-ethyl adjacent to an activating group) is 1. The molecule has 5 rings (SSSR count). The predicted molar refractivity (Wildman–Crippen MR) is 150 cm³/mol. The van der Waals surface area contributed by atoms with Gasteiger partial charge in [-0.3, -0.25) is 4.79 Å². The molecule has 4 N–H and O–H groups in total. The summed E-state index contributed by atoms with van der Waals surface area (Å²) in [4.78, 5) is 22.9. The minimum atomic E-state index is -0.709. The Labute approximate surface area is 225 Å². The van der Waals surface area contributed by atoms with Crippen molar-refractivity contribution in [3.63, 3.8) is 0 Å². The summed E-state index contributed by atoms with van der Waals surface area (Å²) in [6, 6.07) is 10.4. The number of aryl methyl sites for hydroxylation is 1. The summed E-state index contributed by atoms with van der Waals surface area (Å²) in [5, 5.41) is 9.30. The number of nitrogens with one attached hydrogen (secondary N) is 4. The molecule has 0 radical (unpaired) electrons. The Balaban J connectivity index is 1.52. The van der Waals surface area contributed by atoms with Crippen molar-refractivity contribution < 1.29 is 18.3 Å². The van der Waals surface area contributed by atoms with Crippen LogP contribution in [0.2, 0.25) is 0 Å². The van der Waals surface area contributed by atoms with Crippen molar-refractivity contribution in [3.05, 3.63) is 77.3 Å². The Bertz CT molecular complexity index is 1470. The van der Waals surface area contributed by atoms with Crippen molar-refractivity contribution >= 4 is 34.0 Å². The minimum Gasteiger partial charge on any atom is -0.457 e. The SMILES string of the molecule is CNC(=O)C1=C(Oc2cc(F)c3[nH]c(C)cc3c2F)C(C)C/C=C/N=C1Nc1ccc(N2CCNCC2)cc1. The zero-order valence-electron chi connectivity index (χ0n) is 22.2. The first-order chi connectivity index (χ1) is 18.9. The number of aliphatic imine (C=N–C) groups is 1. The summed E-state index contributed by atoms with van der Waals surface area (Å²) < 4.78 is 36.4. The van der Waals surface area contributed by atoms with Gasteiger partial charge in [0, 0.05) is 73.9 Å². The monoisotopic (exact) mass is 534 g/mol. The lowest BCUT2D eigenvalue weighted by Gasteiger charge is -2.29. The van der Waals surface area contributed by atoms with Gasteiger partial charge in [-0.1, -0.05) is 13.0 Å². The average Bonchev–Trinajstić information content (AvgIpc) is 3.35. The third kappa shape index (κ3) is 5.51. The molecular weight excluding hydrogens is 502 g/mol. The molecule has 204 valence electrons. The lowest BCUT2D eigenvalue weighted by atomic mass is 9.98. The maximum Gasteiger partial charge on any atom is 0.258 e. The molecule has 1 unspecified atom stereocenters. The van der Waals surface area contributed by atoms with Crippen LogP contribution in [0.3, 0.4) is 0 Å². The van der Waals surface area contributed by atoms with Crippen LogP contribution in [0.4, 0.5) is 20.2 Å². The molecule has 39 heavy (non-hydrogen) atoms. The molecule has 0 spiro atoms. The van der Waals surface area contributed by atoms with E-state index in [1.807, 2.05) is 37.3 Å². The van der Waals surface area contributed by atoms with Crippen LogP contribution >= 0.6 is 0 Å². The van der Waals surface area contributed by atoms with Crippen LogP contribution in [0.25, 0.3) is 10.9 Å². The summed E-state index contributed by atoms with van der Waals surface area (Å²) in [6.45, 7) is 7.31. The third-order valence-electron chi connectivity index (χ3n) is 6.92. The van der Waals surface area contributed by atoms with E-state index >= 15 is 4.39 Å². The van der Waals surface area contributed by atoms with Crippen LogP contribution in [-0.4, -0.2) is 50.0 Å². The van der Waals surface area contributed by atoms with E-state index in [9.17, 15) is 9.18 Å². The number of fused-ring (bicyclic) bond motifs is 1. The quantitative estimate of drug-likeness (QED) is 0.384. The first-order valence-electron chi connectivity index (χ1n) is 13.0. The molecule has 8 nitrogen and oxygen atoms in total. The summed E-state index contributed by atoms with van der Waals surface area (Å²) in [6.07, 6.45) is 3.96.